The lowest BCUT2D eigenvalue weighted by atomic mass is 10.1. The Balaban J connectivity index is 0.000000383. The number of nitrogens with two attached hydrogens (primary N) is 1. The van der Waals surface area contributed by atoms with E-state index in [9.17, 15) is 18.0 Å². The standard InChI is InChI=1S/C21H22N4O.C2HF3O2/c1-2-24-14-16(15-8-3-5-10-18(15)24)20-21(26)25(13-7-12-22)19-11-6-4-9-17(19)23-20;3-2(4,5)1(6)7/h3-6,8-11,14H,2,7,12-13,22H2,1H3;(H,6,7). The monoisotopic (exact) mass is 460 g/mol. The second-order valence-electron chi connectivity index (χ2n) is 7.20. The molecule has 0 radical (unpaired) electrons. The van der Waals surface area contributed by atoms with Gasteiger partial charge in [0.15, 0.2) is 0 Å². The number of fused-ring (bicyclic) bond motifs is 2. The number of aryl methyl sites for hydroxylation is 2. The minimum Gasteiger partial charge on any atom is -0.475 e. The molecular weight excluding hydrogens is 437 g/mol. The van der Waals surface area contributed by atoms with Gasteiger partial charge in [-0.25, -0.2) is 9.78 Å². The number of carbonyl (C=O) groups is 1. The minimum absolute atomic E-state index is 0.0591. The van der Waals surface area contributed by atoms with Gasteiger partial charge in [-0.3, -0.25) is 4.79 Å². The van der Waals surface area contributed by atoms with Gasteiger partial charge < -0.3 is 20.0 Å². The van der Waals surface area contributed by atoms with Crippen LogP contribution in [0.3, 0.4) is 0 Å². The molecule has 0 bridgehead atoms. The third-order valence-corrected chi connectivity index (χ3v) is 5.07. The van der Waals surface area contributed by atoms with Crippen LogP contribution in [0.25, 0.3) is 33.2 Å². The molecule has 0 fully saturated rings. The Hall–Kier alpha value is -3.66. The van der Waals surface area contributed by atoms with Gasteiger partial charge in [-0.05, 0) is 38.1 Å². The topological polar surface area (TPSA) is 103 Å². The zero-order valence-corrected chi connectivity index (χ0v) is 17.8. The predicted octanol–water partition coefficient (Wildman–Crippen LogP) is 4.02. The van der Waals surface area contributed by atoms with Crippen LogP contribution in [-0.4, -0.2) is 37.9 Å². The van der Waals surface area contributed by atoms with Crippen LogP contribution in [-0.2, 0) is 17.9 Å². The molecule has 0 aliphatic carbocycles. The highest BCUT2D eigenvalue weighted by atomic mass is 19.4. The van der Waals surface area contributed by atoms with Crippen molar-refractivity contribution in [1.82, 2.24) is 14.1 Å². The second kappa shape index (κ2) is 9.86. The van der Waals surface area contributed by atoms with E-state index in [1.165, 1.54) is 0 Å². The number of hydrogen-bond acceptors (Lipinski definition) is 4. The third kappa shape index (κ3) is 5.06. The fourth-order valence-electron chi connectivity index (χ4n) is 3.54. The first kappa shape index (κ1) is 24.0. The zero-order valence-electron chi connectivity index (χ0n) is 17.8. The van der Waals surface area contributed by atoms with Crippen molar-refractivity contribution in [2.45, 2.75) is 32.6 Å². The molecule has 0 atom stereocenters. The molecule has 10 heteroatoms. The molecule has 0 saturated heterocycles. The van der Waals surface area contributed by atoms with Gasteiger partial charge in [-0.1, -0.05) is 30.3 Å². The van der Waals surface area contributed by atoms with Gasteiger partial charge in [-0.2, -0.15) is 13.2 Å². The van der Waals surface area contributed by atoms with Crippen molar-refractivity contribution in [3.05, 3.63) is 65.1 Å². The summed E-state index contributed by atoms with van der Waals surface area (Å²) < 4.78 is 35.7. The molecule has 0 spiro atoms. The van der Waals surface area contributed by atoms with Crippen molar-refractivity contribution in [3.8, 4) is 11.3 Å². The number of aliphatic carboxylic acids is 1. The molecule has 2 aromatic carbocycles. The van der Waals surface area contributed by atoms with Crippen molar-refractivity contribution in [2.24, 2.45) is 5.73 Å². The summed E-state index contributed by atoms with van der Waals surface area (Å²) in [7, 11) is 0. The van der Waals surface area contributed by atoms with E-state index in [1.807, 2.05) is 47.2 Å². The molecular formula is C23H23F3N4O3. The van der Waals surface area contributed by atoms with Crippen LogP contribution in [0.1, 0.15) is 13.3 Å². The Kier molecular flexibility index (Phi) is 7.17. The zero-order chi connectivity index (χ0) is 24.2. The van der Waals surface area contributed by atoms with Crippen molar-refractivity contribution in [1.29, 1.82) is 0 Å². The maximum Gasteiger partial charge on any atom is 0.490 e. The molecule has 4 rings (SSSR count). The average molecular weight is 460 g/mol. The molecule has 0 saturated carbocycles. The lowest BCUT2D eigenvalue weighted by Gasteiger charge is -2.11. The maximum atomic E-state index is 13.3. The first-order valence-electron chi connectivity index (χ1n) is 10.3. The minimum atomic E-state index is -5.08. The summed E-state index contributed by atoms with van der Waals surface area (Å²) in [5.41, 5.74) is 9.81. The maximum absolute atomic E-state index is 13.3. The fraction of sp³-hybridized carbons (Fsp3) is 0.261. The summed E-state index contributed by atoms with van der Waals surface area (Å²) in [6, 6.07) is 15.9. The quantitative estimate of drug-likeness (QED) is 0.468. The first-order chi connectivity index (χ1) is 15.7. The number of hydrogen-bond donors (Lipinski definition) is 2. The van der Waals surface area contributed by atoms with Gasteiger partial charge in [0, 0.05) is 35.8 Å². The highest BCUT2D eigenvalue weighted by molar-refractivity contribution is 5.95. The third-order valence-electron chi connectivity index (χ3n) is 5.07. The lowest BCUT2D eigenvalue weighted by molar-refractivity contribution is -0.192. The van der Waals surface area contributed by atoms with Crippen LogP contribution in [0.2, 0.25) is 0 Å². The Labute approximate surface area is 186 Å². The molecule has 0 aliphatic rings. The molecule has 4 aromatic rings. The summed E-state index contributed by atoms with van der Waals surface area (Å²) in [5, 5.41) is 8.18. The number of nitrogens with zero attached hydrogens (tertiary/aromatic N) is 3. The number of para-hydroxylation sites is 3. The van der Waals surface area contributed by atoms with Crippen molar-refractivity contribution in [2.75, 3.05) is 6.54 Å². The van der Waals surface area contributed by atoms with E-state index in [0.717, 1.165) is 40.5 Å². The first-order valence-corrected chi connectivity index (χ1v) is 10.3. The van der Waals surface area contributed by atoms with Crippen LogP contribution >= 0.6 is 0 Å². The number of carboxylic acid groups (broad SMARTS) is 1. The second-order valence-corrected chi connectivity index (χ2v) is 7.20. The molecule has 0 amide bonds. The summed E-state index contributed by atoms with van der Waals surface area (Å²) in [4.78, 5) is 26.9. The highest BCUT2D eigenvalue weighted by Gasteiger charge is 2.38. The number of carboxylic acids is 1. The van der Waals surface area contributed by atoms with Crippen LogP contribution < -0.4 is 11.3 Å². The molecule has 7 nitrogen and oxygen atoms in total. The smallest absolute Gasteiger partial charge is 0.475 e. The average Bonchev–Trinajstić information content (AvgIpc) is 3.16. The number of aromatic nitrogens is 3. The van der Waals surface area contributed by atoms with Crippen molar-refractivity contribution >= 4 is 27.9 Å². The summed E-state index contributed by atoms with van der Waals surface area (Å²) in [6.45, 7) is 4.09. The molecule has 174 valence electrons. The van der Waals surface area contributed by atoms with Gasteiger partial charge in [0.2, 0.25) is 0 Å². The van der Waals surface area contributed by atoms with Crippen molar-refractivity contribution in [3.63, 3.8) is 0 Å². The SMILES string of the molecule is CCn1cc(-c2nc3ccccc3n(CCCN)c2=O)c2ccccc21.O=C(O)C(F)(F)F. The molecule has 0 aliphatic heterocycles. The Morgan fingerprint density at radius 1 is 1.09 bits per heavy atom. The Morgan fingerprint density at radius 3 is 2.30 bits per heavy atom. The van der Waals surface area contributed by atoms with Crippen LogP contribution in [0.15, 0.2) is 59.5 Å². The predicted molar refractivity (Wildman–Crippen MR) is 120 cm³/mol. The van der Waals surface area contributed by atoms with Crippen molar-refractivity contribution < 1.29 is 23.1 Å². The van der Waals surface area contributed by atoms with Gasteiger partial charge in [0.25, 0.3) is 5.56 Å². The van der Waals surface area contributed by atoms with Gasteiger partial charge in [-0.15, -0.1) is 0 Å². The van der Waals surface area contributed by atoms with E-state index < -0.39 is 12.1 Å². The number of halogens is 3. The number of alkyl halides is 3. The van der Waals surface area contributed by atoms with E-state index in [-0.39, 0.29) is 5.56 Å². The number of rotatable bonds is 5. The molecule has 2 heterocycles. The van der Waals surface area contributed by atoms with Gasteiger partial charge in [0.1, 0.15) is 5.69 Å². The molecule has 3 N–H and O–H groups in total. The lowest BCUT2D eigenvalue weighted by Crippen LogP contribution is -2.24. The van der Waals surface area contributed by atoms with Gasteiger partial charge in [0.05, 0.1) is 11.0 Å². The van der Waals surface area contributed by atoms with E-state index in [4.69, 9.17) is 20.6 Å². The fourth-order valence-corrected chi connectivity index (χ4v) is 3.54. The van der Waals surface area contributed by atoms with Crippen LogP contribution in [0.4, 0.5) is 13.2 Å². The molecule has 2 aromatic heterocycles. The van der Waals surface area contributed by atoms with E-state index in [2.05, 4.69) is 23.6 Å². The summed E-state index contributed by atoms with van der Waals surface area (Å²) in [6.07, 6.45) is -2.29. The molecule has 0 unspecified atom stereocenters. The van der Waals surface area contributed by atoms with Gasteiger partial charge >= 0.3 is 12.1 Å². The molecule has 33 heavy (non-hydrogen) atoms. The van der Waals surface area contributed by atoms with E-state index in [0.29, 0.717) is 18.8 Å². The highest BCUT2D eigenvalue weighted by Crippen LogP contribution is 2.28. The van der Waals surface area contributed by atoms with Crippen LogP contribution in [0, 0.1) is 0 Å². The summed E-state index contributed by atoms with van der Waals surface area (Å²) in [5.74, 6) is -2.76. The summed E-state index contributed by atoms with van der Waals surface area (Å²) >= 11 is 0. The normalized spacial score (nSPS) is 11.4. The Bertz CT molecular complexity index is 1340. The van der Waals surface area contributed by atoms with Crippen LogP contribution in [0.5, 0.6) is 0 Å². The van der Waals surface area contributed by atoms with E-state index >= 15 is 0 Å². The van der Waals surface area contributed by atoms with E-state index in [1.54, 1.807) is 0 Å². The largest absolute Gasteiger partial charge is 0.490 e. The number of benzene rings is 2. The Morgan fingerprint density at radius 2 is 1.70 bits per heavy atom.